The number of carbonyl (C=O) groups excluding carboxylic acids is 5. The number of nitrogens with zero attached hydrogens (tertiary/aromatic N) is 2. The lowest BCUT2D eigenvalue weighted by atomic mass is 9.70. The molecule has 5 amide bonds. The summed E-state index contributed by atoms with van der Waals surface area (Å²) in [7, 11) is 1.69. The number of amides is 5. The van der Waals surface area contributed by atoms with Crippen molar-refractivity contribution in [3.63, 3.8) is 0 Å². The van der Waals surface area contributed by atoms with Crippen molar-refractivity contribution in [1.82, 2.24) is 26.2 Å². The van der Waals surface area contributed by atoms with E-state index in [0.717, 1.165) is 19.3 Å². The van der Waals surface area contributed by atoms with Crippen LogP contribution in [0.5, 0.6) is 0 Å². The van der Waals surface area contributed by atoms with Crippen LogP contribution in [0.4, 0.5) is 23.7 Å². The van der Waals surface area contributed by atoms with E-state index in [1.165, 1.54) is 11.0 Å². The number of hydrogen-bond donors (Lipinski definition) is 4. The Balaban J connectivity index is 1.62. The van der Waals surface area contributed by atoms with E-state index in [1.807, 2.05) is 62.3 Å². The van der Waals surface area contributed by atoms with E-state index in [9.17, 15) is 46.7 Å². The Labute approximate surface area is 339 Å². The number of nitrogens with one attached hydrogen (secondary N) is 4. The van der Waals surface area contributed by atoms with Crippen molar-refractivity contribution in [2.45, 2.75) is 143 Å². The fourth-order valence-electron chi connectivity index (χ4n) is 9.08. The van der Waals surface area contributed by atoms with Crippen LogP contribution in [-0.4, -0.2) is 91.5 Å². The molecule has 1 aromatic carbocycles. The van der Waals surface area contributed by atoms with Gasteiger partial charge in [-0.15, -0.1) is 6.58 Å². The number of Topliss-reactive ketones (excluding diaryl/α,β-unsaturated/α-hetero) is 1. The van der Waals surface area contributed by atoms with Gasteiger partial charge in [0.25, 0.3) is 5.91 Å². The highest BCUT2D eigenvalue weighted by Gasteiger charge is 2.70. The average molecular weight is 821 g/mol. The van der Waals surface area contributed by atoms with Gasteiger partial charge in [0.05, 0.1) is 17.8 Å². The van der Waals surface area contributed by atoms with Crippen LogP contribution in [0.1, 0.15) is 113 Å². The third-order valence-electron chi connectivity index (χ3n) is 12.8. The molecule has 1 aromatic rings. The van der Waals surface area contributed by atoms with Crippen LogP contribution in [0.2, 0.25) is 0 Å². The normalized spacial score (nSPS) is 22.8. The highest BCUT2D eigenvalue weighted by atomic mass is 19.4. The minimum absolute atomic E-state index is 0.113. The number of likely N-dealkylation sites (N-methyl/N-ethyl adjacent to an activating group) is 1. The van der Waals surface area contributed by atoms with Crippen LogP contribution in [0.15, 0.2) is 22.2 Å². The smallest absolute Gasteiger partial charge is 0.369 e. The molecule has 3 fully saturated rings. The lowest BCUT2D eigenvalue weighted by molar-refractivity contribution is -0.148. The molecular weight excluding hydrogens is 757 g/mol. The molecule has 16 heteroatoms. The van der Waals surface area contributed by atoms with Crippen LogP contribution >= 0.6 is 0 Å². The van der Waals surface area contributed by atoms with Gasteiger partial charge in [0, 0.05) is 38.7 Å². The number of rotatable bonds is 15. The number of carbonyl (C=O) groups is 5. The number of fused-ring (bicyclic) bond motifs is 1. The first-order chi connectivity index (χ1) is 26.6. The molecule has 2 aliphatic carbocycles. The molecule has 1 aliphatic heterocycles. The molecule has 13 nitrogen and oxygen atoms in total. The van der Waals surface area contributed by atoms with Crippen molar-refractivity contribution < 1.29 is 37.1 Å². The first-order valence-corrected chi connectivity index (χ1v) is 20.3. The third-order valence-corrected chi connectivity index (χ3v) is 12.8. The lowest BCUT2D eigenvalue weighted by Crippen LogP contribution is -2.64. The second-order valence-corrected chi connectivity index (χ2v) is 19.7. The number of halogens is 3. The van der Waals surface area contributed by atoms with Crippen molar-refractivity contribution in [2.24, 2.45) is 28.1 Å². The minimum atomic E-state index is -4.67. The van der Waals surface area contributed by atoms with Crippen LogP contribution in [0.3, 0.4) is 0 Å². The third kappa shape index (κ3) is 9.95. The Morgan fingerprint density at radius 1 is 0.931 bits per heavy atom. The van der Waals surface area contributed by atoms with Gasteiger partial charge in [-0.2, -0.15) is 13.2 Å². The molecule has 4 rings (SSSR count). The predicted octanol–water partition coefficient (Wildman–Crippen LogP) is 4.25. The molecule has 0 radical (unpaired) electrons. The monoisotopic (exact) mass is 820 g/mol. The Kier molecular flexibility index (Phi) is 13.4. The largest absolute Gasteiger partial charge is 0.389 e. The summed E-state index contributed by atoms with van der Waals surface area (Å²) in [6.45, 7) is 20.8. The van der Waals surface area contributed by atoms with Gasteiger partial charge in [0.2, 0.25) is 28.5 Å². The highest BCUT2D eigenvalue weighted by molar-refractivity contribution is 6.38. The molecule has 6 atom stereocenters. The Hall–Kier alpha value is -4.24. The van der Waals surface area contributed by atoms with Crippen LogP contribution in [-0.2, 0) is 24.6 Å². The molecular formula is C42H63F3N6O7. The number of piperidine rings is 1. The molecule has 2 unspecified atom stereocenters. The lowest BCUT2D eigenvalue weighted by Gasteiger charge is -2.43. The fourth-order valence-corrected chi connectivity index (χ4v) is 9.08. The van der Waals surface area contributed by atoms with E-state index in [-0.39, 0.29) is 31.5 Å². The summed E-state index contributed by atoms with van der Waals surface area (Å²) >= 11 is 0. The Morgan fingerprint density at radius 3 is 2.07 bits per heavy atom. The Bertz CT molecular complexity index is 1830. The number of anilines is 1. The topological polar surface area (TPSA) is 174 Å². The van der Waals surface area contributed by atoms with E-state index in [0.29, 0.717) is 24.1 Å². The quantitative estimate of drug-likeness (QED) is 0.150. The molecule has 324 valence electrons. The maximum absolute atomic E-state index is 14.9. The van der Waals surface area contributed by atoms with Crippen molar-refractivity contribution in [1.29, 1.82) is 0 Å². The van der Waals surface area contributed by atoms with Crippen molar-refractivity contribution in [2.75, 3.05) is 31.6 Å². The number of likely N-dealkylation sites (tertiary alicyclic amines) is 1. The predicted molar refractivity (Wildman–Crippen MR) is 215 cm³/mol. The van der Waals surface area contributed by atoms with E-state index < -0.39 is 105 Å². The van der Waals surface area contributed by atoms with E-state index in [2.05, 4.69) is 27.8 Å². The maximum atomic E-state index is 14.9. The highest BCUT2D eigenvalue weighted by Crippen LogP contribution is 2.65. The van der Waals surface area contributed by atoms with Gasteiger partial charge in [-0.05, 0) is 52.8 Å². The van der Waals surface area contributed by atoms with Crippen LogP contribution in [0, 0.1) is 28.1 Å². The summed E-state index contributed by atoms with van der Waals surface area (Å²) in [6, 6.07) is -5.29. The summed E-state index contributed by atoms with van der Waals surface area (Å²) in [4.78, 5) is 97.2. The zero-order valence-corrected chi connectivity index (χ0v) is 35.7. The van der Waals surface area contributed by atoms with E-state index >= 15 is 0 Å². The Morgan fingerprint density at radius 2 is 1.53 bits per heavy atom. The van der Waals surface area contributed by atoms with Gasteiger partial charge >= 0.3 is 12.2 Å². The summed E-state index contributed by atoms with van der Waals surface area (Å²) in [5.41, 5.74) is -2.63. The van der Waals surface area contributed by atoms with Gasteiger partial charge in [-0.3, -0.25) is 28.8 Å². The maximum Gasteiger partial charge on any atom is 0.389 e. The van der Waals surface area contributed by atoms with Crippen LogP contribution in [0.25, 0.3) is 0 Å². The van der Waals surface area contributed by atoms with Gasteiger partial charge in [-0.1, -0.05) is 87.7 Å². The minimum Gasteiger partial charge on any atom is -0.369 e. The number of alkyl halides is 3. The summed E-state index contributed by atoms with van der Waals surface area (Å²) < 4.78 is 40.1. The molecule has 0 aromatic heterocycles. The van der Waals surface area contributed by atoms with Gasteiger partial charge in [0.1, 0.15) is 12.1 Å². The fraction of sp³-hybridized carbons (Fsp3) is 0.738. The summed E-state index contributed by atoms with van der Waals surface area (Å²) in [5, 5.41) is 10.7. The molecule has 0 bridgehead atoms. The molecule has 3 aliphatic rings. The zero-order valence-electron chi connectivity index (χ0n) is 35.7. The van der Waals surface area contributed by atoms with E-state index in [1.54, 1.807) is 11.9 Å². The van der Waals surface area contributed by atoms with Crippen molar-refractivity contribution in [3.05, 3.63) is 38.7 Å². The molecule has 4 N–H and O–H groups in total. The van der Waals surface area contributed by atoms with E-state index in [4.69, 9.17) is 0 Å². The summed E-state index contributed by atoms with van der Waals surface area (Å²) in [5.74, 6) is -4.29. The zero-order chi connectivity index (χ0) is 43.9. The molecule has 58 heavy (non-hydrogen) atoms. The van der Waals surface area contributed by atoms with Gasteiger partial charge in [-0.25, -0.2) is 4.79 Å². The van der Waals surface area contributed by atoms with Crippen molar-refractivity contribution >= 4 is 35.2 Å². The first kappa shape index (κ1) is 46.4. The molecule has 1 heterocycles. The first-order valence-electron chi connectivity index (χ1n) is 20.3. The number of hydrogen-bond acceptors (Lipinski definition) is 8. The number of ketones is 1. The second kappa shape index (κ2) is 16.8. The van der Waals surface area contributed by atoms with Crippen molar-refractivity contribution in [3.8, 4) is 0 Å². The molecule has 2 saturated carbocycles. The SMILES string of the molecule is C=CCNC(=O)C(=O)C(CCC(F)(F)F)NC(=O)[C@@H]1[C@@H]2C(CN1C(=O)[C@@H](NC(=O)N[C@H](CN(C)c1c(C(C)(C)C)c(=O)c1=O)C(C)(C)C)C1(C)CCCCC1)C2(C)C. The molecule has 0 spiro atoms. The molecule has 1 saturated heterocycles. The average Bonchev–Trinajstić information content (AvgIpc) is 3.41. The van der Waals surface area contributed by atoms with Gasteiger partial charge in [0.15, 0.2) is 0 Å². The van der Waals surface area contributed by atoms with Crippen LogP contribution < -0.4 is 37.0 Å². The second-order valence-electron chi connectivity index (χ2n) is 19.7. The standard InChI is InChI=1S/C42H63F3N6O7/c1-12-20-46-35(56)30(52)24(16-19-42(43,44)45)47-34(55)29-26-23(40(26,8)9)21-51(29)36(57)33(41(10)17-14-13-15-18-41)49-37(58)48-25(38(2,3)4)22-50(11)28-27(39(5,6)7)31(53)32(28)54/h12,23-26,29,33H,1,13-22H2,2-11H3,(H,46,56)(H,47,55)(H2,48,49,58)/t23?,24?,25-,26+,29+,33-/m1/s1. The van der Waals surface area contributed by atoms with Gasteiger partial charge < -0.3 is 31.1 Å². The summed E-state index contributed by atoms with van der Waals surface area (Å²) in [6.07, 6.45) is -1.93. The number of urea groups is 1.